The molecule has 0 aromatic carbocycles. The first-order valence-electron chi connectivity index (χ1n) is 6.10. The van der Waals surface area contributed by atoms with Crippen molar-refractivity contribution in [1.82, 2.24) is 5.32 Å². The van der Waals surface area contributed by atoms with E-state index in [1.54, 1.807) is 0 Å². The lowest BCUT2D eigenvalue weighted by atomic mass is 9.80. The maximum Gasteiger partial charge on any atom is 0.0101 e. The molecule has 0 aromatic heterocycles. The topological polar surface area (TPSA) is 12.0 Å². The zero-order chi connectivity index (χ0) is 8.84. The highest BCUT2D eigenvalue weighted by atomic mass is 15.0. The average molecular weight is 179 g/mol. The van der Waals surface area contributed by atoms with E-state index in [2.05, 4.69) is 12.2 Å². The SMILES string of the molecule is CC(NC1CCC2CC21)C1CCC1. The van der Waals surface area contributed by atoms with Crippen LogP contribution in [-0.4, -0.2) is 12.1 Å². The van der Waals surface area contributed by atoms with E-state index in [0.29, 0.717) is 0 Å². The fraction of sp³-hybridized carbons (Fsp3) is 1.00. The van der Waals surface area contributed by atoms with Crippen LogP contribution < -0.4 is 5.32 Å². The minimum Gasteiger partial charge on any atom is -0.311 e. The normalized spacial score (nSPS) is 45.5. The van der Waals surface area contributed by atoms with Crippen LogP contribution in [0.1, 0.15) is 45.4 Å². The molecule has 0 saturated heterocycles. The molecule has 3 aliphatic rings. The zero-order valence-electron chi connectivity index (χ0n) is 8.63. The largest absolute Gasteiger partial charge is 0.311 e. The first kappa shape index (κ1) is 8.28. The molecule has 4 atom stereocenters. The van der Waals surface area contributed by atoms with Crippen LogP contribution >= 0.6 is 0 Å². The maximum absolute atomic E-state index is 3.87. The van der Waals surface area contributed by atoms with Crippen LogP contribution in [-0.2, 0) is 0 Å². The molecule has 0 amide bonds. The van der Waals surface area contributed by atoms with E-state index in [1.807, 2.05) is 0 Å². The molecule has 0 aromatic rings. The molecule has 4 unspecified atom stereocenters. The van der Waals surface area contributed by atoms with Gasteiger partial charge in [-0.3, -0.25) is 0 Å². The van der Waals surface area contributed by atoms with Gasteiger partial charge in [0.1, 0.15) is 0 Å². The Bertz CT molecular complexity index is 197. The Morgan fingerprint density at radius 1 is 1.15 bits per heavy atom. The molecule has 0 radical (unpaired) electrons. The molecule has 0 bridgehead atoms. The third kappa shape index (κ3) is 1.41. The second-order valence-corrected chi connectivity index (χ2v) is 5.49. The van der Waals surface area contributed by atoms with Crippen LogP contribution in [0.5, 0.6) is 0 Å². The van der Waals surface area contributed by atoms with Gasteiger partial charge in [-0.05, 0) is 56.8 Å². The molecule has 0 spiro atoms. The molecule has 3 saturated carbocycles. The van der Waals surface area contributed by atoms with E-state index >= 15 is 0 Å². The van der Waals surface area contributed by atoms with Crippen molar-refractivity contribution in [2.75, 3.05) is 0 Å². The Morgan fingerprint density at radius 3 is 2.46 bits per heavy atom. The van der Waals surface area contributed by atoms with E-state index in [-0.39, 0.29) is 0 Å². The predicted molar refractivity (Wildman–Crippen MR) is 54.6 cm³/mol. The molecule has 13 heavy (non-hydrogen) atoms. The van der Waals surface area contributed by atoms with E-state index in [0.717, 1.165) is 29.8 Å². The third-order valence-corrected chi connectivity index (χ3v) is 4.68. The summed E-state index contributed by atoms with van der Waals surface area (Å²) in [6.45, 7) is 2.40. The molecule has 74 valence electrons. The second-order valence-electron chi connectivity index (χ2n) is 5.49. The molecule has 0 aliphatic heterocycles. The summed E-state index contributed by atoms with van der Waals surface area (Å²) in [6.07, 6.45) is 8.96. The fourth-order valence-electron chi connectivity index (χ4n) is 3.32. The fourth-order valence-corrected chi connectivity index (χ4v) is 3.32. The van der Waals surface area contributed by atoms with E-state index in [9.17, 15) is 0 Å². The van der Waals surface area contributed by atoms with Crippen molar-refractivity contribution in [2.45, 2.75) is 57.5 Å². The van der Waals surface area contributed by atoms with Gasteiger partial charge in [-0.25, -0.2) is 0 Å². The third-order valence-electron chi connectivity index (χ3n) is 4.68. The summed E-state index contributed by atoms with van der Waals surface area (Å²) in [5.74, 6) is 3.23. The minimum atomic E-state index is 0.804. The van der Waals surface area contributed by atoms with Crippen molar-refractivity contribution in [3.63, 3.8) is 0 Å². The number of hydrogen-bond donors (Lipinski definition) is 1. The summed E-state index contributed by atoms with van der Waals surface area (Å²) in [4.78, 5) is 0. The Morgan fingerprint density at radius 2 is 2.00 bits per heavy atom. The minimum absolute atomic E-state index is 0.804. The van der Waals surface area contributed by atoms with Gasteiger partial charge in [-0.2, -0.15) is 0 Å². The number of hydrogen-bond acceptors (Lipinski definition) is 1. The summed E-state index contributed by atoms with van der Waals surface area (Å²) < 4.78 is 0. The zero-order valence-corrected chi connectivity index (χ0v) is 8.63. The van der Waals surface area contributed by atoms with Crippen LogP contribution in [0.4, 0.5) is 0 Å². The van der Waals surface area contributed by atoms with Crippen LogP contribution in [0, 0.1) is 17.8 Å². The van der Waals surface area contributed by atoms with Crippen molar-refractivity contribution >= 4 is 0 Å². The molecule has 1 heteroatoms. The summed E-state index contributed by atoms with van der Waals surface area (Å²) in [6, 6.07) is 1.71. The molecule has 1 nitrogen and oxygen atoms in total. The first-order valence-corrected chi connectivity index (χ1v) is 6.10. The van der Waals surface area contributed by atoms with Crippen LogP contribution in [0.15, 0.2) is 0 Å². The van der Waals surface area contributed by atoms with Crippen molar-refractivity contribution < 1.29 is 0 Å². The molecule has 1 N–H and O–H groups in total. The van der Waals surface area contributed by atoms with Gasteiger partial charge in [-0.1, -0.05) is 6.42 Å². The van der Waals surface area contributed by atoms with Crippen molar-refractivity contribution in [3.8, 4) is 0 Å². The van der Waals surface area contributed by atoms with Gasteiger partial charge in [0.15, 0.2) is 0 Å². The maximum atomic E-state index is 3.87. The van der Waals surface area contributed by atoms with E-state index in [1.165, 1.54) is 38.5 Å². The average Bonchev–Trinajstić information content (AvgIpc) is 2.66. The summed E-state index contributed by atoms with van der Waals surface area (Å²) in [5.41, 5.74) is 0. The Balaban J connectivity index is 1.50. The van der Waals surface area contributed by atoms with Crippen LogP contribution in [0.25, 0.3) is 0 Å². The summed E-state index contributed by atoms with van der Waals surface area (Å²) in [5, 5.41) is 3.87. The van der Waals surface area contributed by atoms with E-state index in [4.69, 9.17) is 0 Å². The lowest BCUT2D eigenvalue weighted by Gasteiger charge is -2.34. The lowest BCUT2D eigenvalue weighted by Crippen LogP contribution is -2.43. The quantitative estimate of drug-likeness (QED) is 0.702. The summed E-state index contributed by atoms with van der Waals surface area (Å²) in [7, 11) is 0. The van der Waals surface area contributed by atoms with Crippen molar-refractivity contribution in [1.29, 1.82) is 0 Å². The molecular formula is C12H21N. The summed E-state index contributed by atoms with van der Waals surface area (Å²) >= 11 is 0. The molecular weight excluding hydrogens is 158 g/mol. The standard InChI is InChI=1S/C12H21N/c1-8(9-3-2-4-9)13-12-6-5-10-7-11(10)12/h8-13H,2-7H2,1H3. The molecule has 3 aliphatic carbocycles. The van der Waals surface area contributed by atoms with Gasteiger partial charge in [-0.15, -0.1) is 0 Å². The second kappa shape index (κ2) is 2.98. The lowest BCUT2D eigenvalue weighted by molar-refractivity contribution is 0.222. The van der Waals surface area contributed by atoms with Gasteiger partial charge in [0.25, 0.3) is 0 Å². The van der Waals surface area contributed by atoms with Gasteiger partial charge in [0.2, 0.25) is 0 Å². The highest BCUT2D eigenvalue weighted by Gasteiger charge is 2.48. The highest BCUT2D eigenvalue weighted by Crippen LogP contribution is 2.52. The number of fused-ring (bicyclic) bond motifs is 1. The van der Waals surface area contributed by atoms with Crippen LogP contribution in [0.2, 0.25) is 0 Å². The van der Waals surface area contributed by atoms with Crippen LogP contribution in [0.3, 0.4) is 0 Å². The van der Waals surface area contributed by atoms with Gasteiger partial charge in [0.05, 0.1) is 0 Å². The smallest absolute Gasteiger partial charge is 0.0101 e. The molecule has 3 fully saturated rings. The highest BCUT2D eigenvalue weighted by molar-refractivity contribution is 5.02. The Labute approximate surface area is 81.3 Å². The Kier molecular flexibility index (Phi) is 1.90. The molecule has 0 heterocycles. The predicted octanol–water partition coefficient (Wildman–Crippen LogP) is 2.56. The number of rotatable bonds is 3. The van der Waals surface area contributed by atoms with Gasteiger partial charge >= 0.3 is 0 Å². The number of nitrogens with one attached hydrogen (secondary N) is 1. The van der Waals surface area contributed by atoms with Crippen molar-refractivity contribution in [3.05, 3.63) is 0 Å². The van der Waals surface area contributed by atoms with E-state index < -0.39 is 0 Å². The monoisotopic (exact) mass is 179 g/mol. The van der Waals surface area contributed by atoms with Gasteiger partial charge < -0.3 is 5.32 Å². The first-order chi connectivity index (χ1) is 6.34. The van der Waals surface area contributed by atoms with Crippen molar-refractivity contribution in [2.24, 2.45) is 17.8 Å². The Hall–Kier alpha value is -0.0400. The van der Waals surface area contributed by atoms with Gasteiger partial charge in [0, 0.05) is 12.1 Å². The molecule has 3 rings (SSSR count).